The first-order valence-electron chi connectivity index (χ1n) is 13.8. The molecule has 7 nitrogen and oxygen atoms in total. The van der Waals surface area contributed by atoms with E-state index in [1.54, 1.807) is 36.4 Å². The van der Waals surface area contributed by atoms with Gasteiger partial charge in [0.2, 0.25) is 0 Å². The number of hydroxylamine groups is 2. The number of amides is 2. The van der Waals surface area contributed by atoms with Crippen LogP contribution in [0.15, 0.2) is 103 Å². The summed E-state index contributed by atoms with van der Waals surface area (Å²) in [6.07, 6.45) is 3.70. The van der Waals surface area contributed by atoms with E-state index < -0.39 is 46.8 Å². The number of phenolic OH excluding ortho intramolecular Hbond substituents is 1. The quantitative estimate of drug-likeness (QED) is 0.283. The van der Waals surface area contributed by atoms with Gasteiger partial charge in [-0.15, -0.1) is 0 Å². The summed E-state index contributed by atoms with van der Waals surface area (Å²) >= 11 is 0. The van der Waals surface area contributed by atoms with Crippen LogP contribution in [0.5, 0.6) is 5.75 Å². The van der Waals surface area contributed by atoms with Crippen molar-refractivity contribution in [3.05, 3.63) is 119 Å². The highest BCUT2D eigenvalue weighted by atomic mass is 16.5. The number of Topliss-reactive ketones (excluding diaryl/α,β-unsaturated/α-hetero) is 1. The van der Waals surface area contributed by atoms with Gasteiger partial charge in [0.1, 0.15) is 5.75 Å². The molecule has 1 heterocycles. The van der Waals surface area contributed by atoms with Crippen LogP contribution >= 0.6 is 0 Å². The van der Waals surface area contributed by atoms with Crippen LogP contribution in [-0.4, -0.2) is 38.8 Å². The number of rotatable bonds is 3. The largest absolute Gasteiger partial charge is 0.508 e. The second-order valence-electron chi connectivity index (χ2n) is 11.3. The standard InChI is InChI=1S/C34H27NO6/c36-27-14-8-7-13-22(27)30-21-15-16-23-29(33(40)35(41)32(23)39)25(21)17-26-31(38)24(19-9-3-1-4-10-19)18-28(37)34(26,30)20-11-5-2-6-12-20/h1-15,18,23,25-26,29-30,36,41H,16-17H2. The number of fused-ring (bicyclic) bond motifs is 4. The van der Waals surface area contributed by atoms with Crippen molar-refractivity contribution < 1.29 is 29.5 Å². The van der Waals surface area contributed by atoms with Crippen LogP contribution in [0.2, 0.25) is 0 Å². The topological polar surface area (TPSA) is 112 Å². The SMILES string of the molecule is O=C1C(c2ccccc2)=CC(=O)C2(c3ccccc3)C1CC1C(=CCC3C(=O)N(O)C(=O)C31)C2c1ccccc1O. The zero-order chi connectivity index (χ0) is 28.5. The fourth-order valence-corrected chi connectivity index (χ4v) is 7.93. The third-order valence-corrected chi connectivity index (χ3v) is 9.60. The van der Waals surface area contributed by atoms with Gasteiger partial charge >= 0.3 is 0 Å². The van der Waals surface area contributed by atoms with Gasteiger partial charge in [0.05, 0.1) is 17.3 Å². The Morgan fingerprint density at radius 1 is 0.780 bits per heavy atom. The normalized spacial score (nSPS) is 30.8. The number of hydrogen-bond acceptors (Lipinski definition) is 6. The lowest BCUT2D eigenvalue weighted by Crippen LogP contribution is -2.58. The second kappa shape index (κ2) is 9.21. The fraction of sp³-hybridized carbons (Fsp3) is 0.235. The molecule has 0 aromatic heterocycles. The highest BCUT2D eigenvalue weighted by molar-refractivity contribution is 6.31. The van der Waals surface area contributed by atoms with Crippen molar-refractivity contribution in [1.29, 1.82) is 0 Å². The number of benzene rings is 3. The van der Waals surface area contributed by atoms with E-state index in [9.17, 15) is 29.5 Å². The minimum absolute atomic E-state index is 0.0223. The predicted molar refractivity (Wildman–Crippen MR) is 148 cm³/mol. The maximum absolute atomic E-state index is 14.7. The van der Waals surface area contributed by atoms with Gasteiger partial charge in [-0.3, -0.25) is 24.4 Å². The van der Waals surface area contributed by atoms with Crippen molar-refractivity contribution in [2.24, 2.45) is 23.7 Å². The number of carbonyl (C=O) groups is 4. The van der Waals surface area contributed by atoms with Gasteiger partial charge in [-0.05, 0) is 42.0 Å². The minimum Gasteiger partial charge on any atom is -0.508 e. The highest BCUT2D eigenvalue weighted by Gasteiger charge is 2.66. The number of hydrogen-bond donors (Lipinski definition) is 2. The fourth-order valence-electron chi connectivity index (χ4n) is 7.93. The van der Waals surface area contributed by atoms with Gasteiger partial charge < -0.3 is 5.11 Å². The summed E-state index contributed by atoms with van der Waals surface area (Å²) in [4.78, 5) is 55.4. The first-order valence-corrected chi connectivity index (χ1v) is 13.8. The number of aromatic hydroxyl groups is 1. The van der Waals surface area contributed by atoms with Crippen molar-refractivity contribution in [3.63, 3.8) is 0 Å². The molecule has 3 aromatic carbocycles. The van der Waals surface area contributed by atoms with E-state index in [1.807, 2.05) is 54.6 Å². The Balaban J connectivity index is 1.53. The highest BCUT2D eigenvalue weighted by Crippen LogP contribution is 2.64. The summed E-state index contributed by atoms with van der Waals surface area (Å²) < 4.78 is 0. The molecule has 3 aromatic rings. The van der Waals surface area contributed by atoms with Crippen molar-refractivity contribution in [1.82, 2.24) is 5.06 Å². The first-order chi connectivity index (χ1) is 19.9. The average molecular weight is 546 g/mol. The van der Waals surface area contributed by atoms with Crippen LogP contribution in [0.4, 0.5) is 0 Å². The van der Waals surface area contributed by atoms with Crippen molar-refractivity contribution in [2.75, 3.05) is 0 Å². The van der Waals surface area contributed by atoms with E-state index in [4.69, 9.17) is 0 Å². The summed E-state index contributed by atoms with van der Waals surface area (Å²) in [5.74, 6) is -5.68. The minimum atomic E-state index is -1.39. The van der Waals surface area contributed by atoms with Gasteiger partial charge in [-0.25, -0.2) is 0 Å². The summed E-state index contributed by atoms with van der Waals surface area (Å²) in [6, 6.07) is 25.0. The maximum Gasteiger partial charge on any atom is 0.257 e. The molecule has 0 spiro atoms. The summed E-state index contributed by atoms with van der Waals surface area (Å²) in [5.41, 5.74) is 1.41. The van der Waals surface area contributed by atoms with Crippen LogP contribution in [0.3, 0.4) is 0 Å². The molecule has 3 aliphatic carbocycles. The lowest BCUT2D eigenvalue weighted by molar-refractivity contribution is -0.173. The summed E-state index contributed by atoms with van der Waals surface area (Å²) in [7, 11) is 0. The van der Waals surface area contributed by atoms with Crippen LogP contribution in [0, 0.1) is 23.7 Å². The molecule has 4 aliphatic rings. The number of nitrogens with zero attached hydrogens (tertiary/aromatic N) is 1. The van der Waals surface area contributed by atoms with E-state index in [-0.39, 0.29) is 35.2 Å². The van der Waals surface area contributed by atoms with Gasteiger partial charge in [0.25, 0.3) is 11.8 Å². The van der Waals surface area contributed by atoms with Crippen molar-refractivity contribution >= 4 is 29.0 Å². The van der Waals surface area contributed by atoms with Crippen LogP contribution in [0.25, 0.3) is 5.57 Å². The number of ketones is 2. The smallest absolute Gasteiger partial charge is 0.257 e. The molecular formula is C34H27NO6. The third-order valence-electron chi connectivity index (χ3n) is 9.60. The molecule has 1 saturated heterocycles. The van der Waals surface area contributed by atoms with E-state index in [1.165, 1.54) is 6.08 Å². The molecule has 2 amide bonds. The Kier molecular flexibility index (Phi) is 5.70. The molecule has 6 atom stereocenters. The van der Waals surface area contributed by atoms with Crippen LogP contribution < -0.4 is 0 Å². The van der Waals surface area contributed by atoms with Crippen molar-refractivity contribution in [3.8, 4) is 5.75 Å². The van der Waals surface area contributed by atoms with Crippen LogP contribution in [0.1, 0.15) is 35.4 Å². The lowest BCUT2D eigenvalue weighted by Gasteiger charge is -2.55. The Morgan fingerprint density at radius 2 is 1.44 bits per heavy atom. The molecular weight excluding hydrogens is 518 g/mol. The van der Waals surface area contributed by atoms with Gasteiger partial charge in [-0.2, -0.15) is 5.06 Å². The number of imide groups is 1. The molecule has 41 heavy (non-hydrogen) atoms. The number of para-hydroxylation sites is 1. The number of allylic oxidation sites excluding steroid dienone is 4. The molecule has 1 aliphatic heterocycles. The zero-order valence-corrected chi connectivity index (χ0v) is 22.0. The first kappa shape index (κ1) is 25.4. The third kappa shape index (κ3) is 3.42. The number of phenols is 1. The van der Waals surface area contributed by atoms with Gasteiger partial charge in [0.15, 0.2) is 11.6 Å². The van der Waals surface area contributed by atoms with E-state index in [0.717, 1.165) is 5.57 Å². The Hall–Kier alpha value is -4.62. The molecule has 7 heteroatoms. The molecule has 6 unspecified atom stereocenters. The van der Waals surface area contributed by atoms with Crippen LogP contribution in [-0.2, 0) is 24.6 Å². The Morgan fingerprint density at radius 3 is 2.15 bits per heavy atom. The number of carbonyl (C=O) groups excluding carboxylic acids is 4. The summed E-state index contributed by atoms with van der Waals surface area (Å²) in [6.45, 7) is 0. The molecule has 2 fully saturated rings. The molecule has 0 bridgehead atoms. The summed E-state index contributed by atoms with van der Waals surface area (Å²) in [5, 5.41) is 21.7. The maximum atomic E-state index is 14.7. The van der Waals surface area contributed by atoms with E-state index in [0.29, 0.717) is 22.3 Å². The van der Waals surface area contributed by atoms with Gasteiger partial charge in [-0.1, -0.05) is 90.5 Å². The zero-order valence-electron chi connectivity index (χ0n) is 22.0. The molecule has 2 N–H and O–H groups in total. The van der Waals surface area contributed by atoms with Crippen molar-refractivity contribution in [2.45, 2.75) is 24.2 Å². The molecule has 0 radical (unpaired) electrons. The van der Waals surface area contributed by atoms with E-state index >= 15 is 0 Å². The Bertz CT molecular complexity index is 1680. The predicted octanol–water partition coefficient (Wildman–Crippen LogP) is 4.61. The molecule has 204 valence electrons. The molecule has 7 rings (SSSR count). The van der Waals surface area contributed by atoms with Gasteiger partial charge in [0, 0.05) is 23.0 Å². The van der Waals surface area contributed by atoms with E-state index in [2.05, 4.69) is 0 Å². The lowest BCUT2D eigenvalue weighted by atomic mass is 9.44. The molecule has 1 saturated carbocycles. The second-order valence-corrected chi connectivity index (χ2v) is 11.3. The Labute approximate surface area is 236 Å². The average Bonchev–Trinajstić information content (AvgIpc) is 3.23. The monoisotopic (exact) mass is 545 g/mol.